The van der Waals surface area contributed by atoms with Gasteiger partial charge in [-0.15, -0.1) is 0 Å². The normalized spacial score (nSPS) is 9.54. The highest BCUT2D eigenvalue weighted by molar-refractivity contribution is 5.98. The van der Waals surface area contributed by atoms with Crippen molar-refractivity contribution in [3.8, 4) is 0 Å². The zero-order valence-electron chi connectivity index (χ0n) is 7.59. The Morgan fingerprint density at radius 3 is 2.54 bits per heavy atom. The first-order valence-electron chi connectivity index (χ1n) is 4.46. The second kappa shape index (κ2) is 5.25. The standard InChI is InChI=1S/C11H14N2/c12-9-5-4-8-11(13)10-6-2-1-3-7-10/h1-3,6-7,9,12-13H,4-5,8H2. The van der Waals surface area contributed by atoms with Crippen LogP contribution in [0.25, 0.3) is 0 Å². The van der Waals surface area contributed by atoms with Crippen LogP contribution in [0, 0.1) is 10.8 Å². The van der Waals surface area contributed by atoms with E-state index in [4.69, 9.17) is 10.8 Å². The maximum Gasteiger partial charge on any atom is 0.0386 e. The summed E-state index contributed by atoms with van der Waals surface area (Å²) in [6, 6.07) is 9.74. The molecule has 0 aliphatic rings. The predicted octanol–water partition coefficient (Wildman–Crippen LogP) is 2.87. The van der Waals surface area contributed by atoms with Gasteiger partial charge in [-0.3, -0.25) is 0 Å². The number of hydrogen-bond donors (Lipinski definition) is 2. The molecule has 13 heavy (non-hydrogen) atoms. The van der Waals surface area contributed by atoms with Gasteiger partial charge in [-0.1, -0.05) is 30.3 Å². The van der Waals surface area contributed by atoms with Gasteiger partial charge in [0, 0.05) is 5.71 Å². The lowest BCUT2D eigenvalue weighted by molar-refractivity contribution is 0.925. The smallest absolute Gasteiger partial charge is 0.0386 e. The molecule has 0 saturated carbocycles. The molecule has 2 nitrogen and oxygen atoms in total. The van der Waals surface area contributed by atoms with Gasteiger partial charge in [0.25, 0.3) is 0 Å². The molecule has 0 unspecified atom stereocenters. The highest BCUT2D eigenvalue weighted by Gasteiger charge is 1.98. The fraction of sp³-hybridized carbons (Fsp3) is 0.273. The summed E-state index contributed by atoms with van der Waals surface area (Å²) in [6.45, 7) is 0. The first-order valence-corrected chi connectivity index (χ1v) is 4.46. The Hall–Kier alpha value is -1.44. The summed E-state index contributed by atoms with van der Waals surface area (Å²) in [7, 11) is 0. The molecular formula is C11H14N2. The lowest BCUT2D eigenvalue weighted by Gasteiger charge is -2.01. The van der Waals surface area contributed by atoms with Gasteiger partial charge in [0.15, 0.2) is 0 Å². The molecule has 68 valence electrons. The Morgan fingerprint density at radius 1 is 1.23 bits per heavy atom. The van der Waals surface area contributed by atoms with Gasteiger partial charge in [0.05, 0.1) is 0 Å². The van der Waals surface area contributed by atoms with Crippen LogP contribution in [-0.4, -0.2) is 11.9 Å². The Balaban J connectivity index is 2.45. The van der Waals surface area contributed by atoms with Gasteiger partial charge in [-0.2, -0.15) is 0 Å². The maximum absolute atomic E-state index is 7.73. The first-order chi connectivity index (χ1) is 6.34. The van der Waals surface area contributed by atoms with Gasteiger partial charge in [-0.25, -0.2) is 0 Å². The van der Waals surface area contributed by atoms with Gasteiger partial charge < -0.3 is 10.8 Å². The van der Waals surface area contributed by atoms with Crippen LogP contribution < -0.4 is 0 Å². The Kier molecular flexibility index (Phi) is 3.89. The molecule has 1 aromatic rings. The fourth-order valence-electron chi connectivity index (χ4n) is 1.16. The van der Waals surface area contributed by atoms with Crippen molar-refractivity contribution >= 4 is 11.9 Å². The maximum atomic E-state index is 7.73. The quantitative estimate of drug-likeness (QED) is 0.509. The van der Waals surface area contributed by atoms with E-state index in [0.29, 0.717) is 5.71 Å². The number of unbranched alkanes of at least 4 members (excludes halogenated alkanes) is 1. The van der Waals surface area contributed by atoms with E-state index in [1.807, 2.05) is 30.3 Å². The van der Waals surface area contributed by atoms with E-state index in [2.05, 4.69) is 0 Å². The second-order valence-corrected chi connectivity index (χ2v) is 2.94. The number of rotatable bonds is 5. The largest absolute Gasteiger partial charge is 0.313 e. The average molecular weight is 174 g/mol. The summed E-state index contributed by atoms with van der Waals surface area (Å²) in [5, 5.41) is 14.6. The summed E-state index contributed by atoms with van der Waals surface area (Å²) >= 11 is 0. The minimum atomic E-state index is 0.669. The van der Waals surface area contributed by atoms with E-state index in [0.717, 1.165) is 24.8 Å². The van der Waals surface area contributed by atoms with Crippen molar-refractivity contribution in [1.29, 1.82) is 10.8 Å². The molecule has 0 fully saturated rings. The van der Waals surface area contributed by atoms with Crippen molar-refractivity contribution in [2.24, 2.45) is 0 Å². The first kappa shape index (κ1) is 9.65. The Bertz CT molecular complexity index is 277. The van der Waals surface area contributed by atoms with Crippen LogP contribution in [0.1, 0.15) is 24.8 Å². The average Bonchev–Trinajstić information content (AvgIpc) is 2.19. The summed E-state index contributed by atoms with van der Waals surface area (Å²) < 4.78 is 0. The minimum absolute atomic E-state index is 0.669. The summed E-state index contributed by atoms with van der Waals surface area (Å²) in [5.74, 6) is 0. The van der Waals surface area contributed by atoms with Gasteiger partial charge >= 0.3 is 0 Å². The van der Waals surface area contributed by atoms with Crippen molar-refractivity contribution < 1.29 is 0 Å². The molecule has 0 bridgehead atoms. The zero-order chi connectivity index (χ0) is 9.52. The molecule has 0 saturated heterocycles. The lowest BCUT2D eigenvalue weighted by atomic mass is 10.1. The molecule has 0 spiro atoms. The Morgan fingerprint density at radius 2 is 1.92 bits per heavy atom. The van der Waals surface area contributed by atoms with E-state index < -0.39 is 0 Å². The van der Waals surface area contributed by atoms with Crippen LogP contribution >= 0.6 is 0 Å². The van der Waals surface area contributed by atoms with Crippen LogP contribution in [0.3, 0.4) is 0 Å². The zero-order valence-corrected chi connectivity index (χ0v) is 7.59. The monoisotopic (exact) mass is 174 g/mol. The van der Waals surface area contributed by atoms with E-state index in [-0.39, 0.29) is 0 Å². The highest BCUT2D eigenvalue weighted by Crippen LogP contribution is 2.05. The Labute approximate surface area is 78.6 Å². The van der Waals surface area contributed by atoms with Gasteiger partial charge in [-0.05, 0) is 31.0 Å². The van der Waals surface area contributed by atoms with E-state index in [1.54, 1.807) is 0 Å². The number of hydrogen-bond acceptors (Lipinski definition) is 2. The summed E-state index contributed by atoms with van der Waals surface area (Å²) in [6.07, 6.45) is 3.84. The van der Waals surface area contributed by atoms with Crippen molar-refractivity contribution in [2.45, 2.75) is 19.3 Å². The van der Waals surface area contributed by atoms with Crippen molar-refractivity contribution in [2.75, 3.05) is 0 Å². The molecule has 0 atom stereocenters. The topological polar surface area (TPSA) is 47.7 Å². The van der Waals surface area contributed by atoms with Crippen LogP contribution in [0.4, 0.5) is 0 Å². The lowest BCUT2D eigenvalue weighted by Crippen LogP contribution is -1.98. The van der Waals surface area contributed by atoms with Gasteiger partial charge in [0.2, 0.25) is 0 Å². The fourth-order valence-corrected chi connectivity index (χ4v) is 1.16. The van der Waals surface area contributed by atoms with Crippen molar-refractivity contribution in [3.05, 3.63) is 35.9 Å². The molecule has 0 amide bonds. The van der Waals surface area contributed by atoms with Crippen molar-refractivity contribution in [3.63, 3.8) is 0 Å². The van der Waals surface area contributed by atoms with E-state index in [9.17, 15) is 0 Å². The van der Waals surface area contributed by atoms with Crippen molar-refractivity contribution in [1.82, 2.24) is 0 Å². The van der Waals surface area contributed by atoms with Crippen LogP contribution in [0.2, 0.25) is 0 Å². The molecular weight excluding hydrogens is 160 g/mol. The molecule has 0 radical (unpaired) electrons. The predicted molar refractivity (Wildman–Crippen MR) is 55.9 cm³/mol. The molecule has 2 N–H and O–H groups in total. The van der Waals surface area contributed by atoms with Crippen LogP contribution in [-0.2, 0) is 0 Å². The molecule has 0 aromatic heterocycles. The molecule has 0 aliphatic carbocycles. The molecule has 2 heteroatoms. The molecule has 1 aromatic carbocycles. The van der Waals surface area contributed by atoms with Crippen LogP contribution in [0.5, 0.6) is 0 Å². The molecule has 0 heterocycles. The third-order valence-electron chi connectivity index (χ3n) is 1.90. The molecule has 0 aliphatic heterocycles. The molecule has 1 rings (SSSR count). The summed E-state index contributed by atoms with van der Waals surface area (Å²) in [4.78, 5) is 0. The van der Waals surface area contributed by atoms with Gasteiger partial charge in [0.1, 0.15) is 0 Å². The SMILES string of the molecule is N=CCCCC(=N)c1ccccc1. The summed E-state index contributed by atoms with van der Waals surface area (Å²) in [5.41, 5.74) is 1.66. The second-order valence-electron chi connectivity index (χ2n) is 2.94. The number of nitrogens with one attached hydrogen (secondary N) is 2. The van der Waals surface area contributed by atoms with E-state index in [1.165, 1.54) is 6.21 Å². The van der Waals surface area contributed by atoms with Crippen LogP contribution in [0.15, 0.2) is 30.3 Å². The third-order valence-corrected chi connectivity index (χ3v) is 1.90. The van der Waals surface area contributed by atoms with E-state index >= 15 is 0 Å². The highest BCUT2D eigenvalue weighted by atomic mass is 14.4. The number of benzene rings is 1. The third kappa shape index (κ3) is 3.20. The minimum Gasteiger partial charge on any atom is -0.313 e.